The molecule has 0 aromatic heterocycles. The molecule has 0 bridgehead atoms. The summed E-state index contributed by atoms with van der Waals surface area (Å²) in [5.74, 6) is 0. The second-order valence-electron chi connectivity index (χ2n) is 4.31. The minimum absolute atomic E-state index is 0.471. The highest BCUT2D eigenvalue weighted by molar-refractivity contribution is 5.14. The van der Waals surface area contributed by atoms with Crippen LogP contribution in [0.5, 0.6) is 0 Å². The molecule has 90 valence electrons. The highest BCUT2D eigenvalue weighted by atomic mass is 16.5. The predicted molar refractivity (Wildman–Crippen MR) is 69.7 cm³/mol. The lowest BCUT2D eigenvalue weighted by Crippen LogP contribution is -2.14. The van der Waals surface area contributed by atoms with Gasteiger partial charge in [-0.05, 0) is 24.8 Å². The zero-order chi connectivity index (χ0) is 11.6. The molecule has 0 N–H and O–H groups in total. The van der Waals surface area contributed by atoms with Crippen LogP contribution in [-0.2, 0) is 11.2 Å². The van der Waals surface area contributed by atoms with Crippen LogP contribution in [0.1, 0.15) is 45.1 Å². The normalized spacial score (nSPS) is 10.9. The maximum Gasteiger partial charge on any atom is 0.0575 e. The summed E-state index contributed by atoms with van der Waals surface area (Å²) in [5.41, 5.74) is 1.37. The summed E-state index contributed by atoms with van der Waals surface area (Å²) >= 11 is 0. The predicted octanol–water partition coefficient (Wildman–Crippen LogP) is 4.21. The van der Waals surface area contributed by atoms with Crippen molar-refractivity contribution in [3.63, 3.8) is 0 Å². The van der Waals surface area contributed by atoms with Gasteiger partial charge in [-0.3, -0.25) is 0 Å². The van der Waals surface area contributed by atoms with Crippen LogP contribution in [-0.4, -0.2) is 12.7 Å². The van der Waals surface area contributed by atoms with Crippen LogP contribution in [0.3, 0.4) is 0 Å². The van der Waals surface area contributed by atoms with Gasteiger partial charge in [-0.2, -0.15) is 0 Å². The van der Waals surface area contributed by atoms with Crippen molar-refractivity contribution < 1.29 is 4.74 Å². The molecule has 0 amide bonds. The van der Waals surface area contributed by atoms with Crippen molar-refractivity contribution in [1.82, 2.24) is 0 Å². The Kier molecular flexibility index (Phi) is 6.91. The van der Waals surface area contributed by atoms with E-state index in [1.165, 1.54) is 31.2 Å². The summed E-state index contributed by atoms with van der Waals surface area (Å²) < 4.78 is 5.93. The van der Waals surface area contributed by atoms with Gasteiger partial charge in [-0.1, -0.05) is 57.0 Å². The van der Waals surface area contributed by atoms with E-state index in [1.807, 2.05) is 0 Å². The van der Waals surface area contributed by atoms with Gasteiger partial charge in [0.15, 0.2) is 0 Å². The van der Waals surface area contributed by atoms with Crippen LogP contribution < -0.4 is 0 Å². The molecule has 0 aliphatic rings. The maximum absolute atomic E-state index is 5.93. The van der Waals surface area contributed by atoms with Crippen molar-refractivity contribution in [1.29, 1.82) is 0 Å². The van der Waals surface area contributed by atoms with E-state index in [2.05, 4.69) is 44.2 Å². The van der Waals surface area contributed by atoms with Gasteiger partial charge in [0, 0.05) is 0 Å². The minimum Gasteiger partial charge on any atom is -0.378 e. The van der Waals surface area contributed by atoms with Gasteiger partial charge in [0.2, 0.25) is 0 Å². The molecule has 0 fully saturated rings. The van der Waals surface area contributed by atoms with Crippen LogP contribution in [0.25, 0.3) is 0 Å². The van der Waals surface area contributed by atoms with E-state index in [-0.39, 0.29) is 0 Å². The zero-order valence-corrected chi connectivity index (χ0v) is 10.6. The lowest BCUT2D eigenvalue weighted by atomic mass is 10.1. The number of hydrogen-bond acceptors (Lipinski definition) is 1. The van der Waals surface area contributed by atoms with E-state index in [1.54, 1.807) is 0 Å². The third-order valence-electron chi connectivity index (χ3n) is 2.81. The summed E-state index contributed by atoms with van der Waals surface area (Å²) in [7, 11) is 0. The van der Waals surface area contributed by atoms with Gasteiger partial charge >= 0.3 is 0 Å². The number of hydrogen-bond donors (Lipinski definition) is 0. The third kappa shape index (κ3) is 5.32. The maximum atomic E-state index is 5.93. The summed E-state index contributed by atoms with van der Waals surface area (Å²) in [6, 6.07) is 10.6. The minimum atomic E-state index is 0.471. The molecule has 1 heteroatoms. The van der Waals surface area contributed by atoms with Gasteiger partial charge in [0.05, 0.1) is 12.7 Å². The molecule has 16 heavy (non-hydrogen) atoms. The highest BCUT2D eigenvalue weighted by Gasteiger charge is 2.06. The highest BCUT2D eigenvalue weighted by Crippen LogP contribution is 2.10. The van der Waals surface area contributed by atoms with Crippen LogP contribution >= 0.6 is 0 Å². The van der Waals surface area contributed by atoms with E-state index in [0.717, 1.165) is 13.0 Å². The molecule has 0 radical (unpaired) electrons. The smallest absolute Gasteiger partial charge is 0.0575 e. The van der Waals surface area contributed by atoms with Gasteiger partial charge < -0.3 is 4.74 Å². The molecular formula is C15H24O. The van der Waals surface area contributed by atoms with E-state index in [9.17, 15) is 0 Å². The molecule has 1 aromatic carbocycles. The average molecular weight is 220 g/mol. The first-order valence-electron chi connectivity index (χ1n) is 6.52. The first-order valence-corrected chi connectivity index (χ1v) is 6.52. The van der Waals surface area contributed by atoms with Gasteiger partial charge in [-0.15, -0.1) is 0 Å². The summed E-state index contributed by atoms with van der Waals surface area (Å²) in [6.07, 6.45) is 6.33. The van der Waals surface area contributed by atoms with Gasteiger partial charge in [0.25, 0.3) is 0 Å². The fourth-order valence-electron chi connectivity index (χ4n) is 1.94. The molecule has 0 saturated heterocycles. The number of rotatable bonds is 8. The molecule has 0 spiro atoms. The van der Waals surface area contributed by atoms with Crippen molar-refractivity contribution in [3.8, 4) is 0 Å². The Balaban J connectivity index is 2.22. The summed E-state index contributed by atoms with van der Waals surface area (Å²) in [5, 5.41) is 0. The molecule has 0 unspecified atom stereocenters. The quantitative estimate of drug-likeness (QED) is 0.637. The van der Waals surface area contributed by atoms with Crippen molar-refractivity contribution >= 4 is 0 Å². The molecule has 1 rings (SSSR count). The molecule has 1 nitrogen and oxygen atoms in total. The van der Waals surface area contributed by atoms with E-state index in [0.29, 0.717) is 6.10 Å². The van der Waals surface area contributed by atoms with Crippen molar-refractivity contribution in [3.05, 3.63) is 35.9 Å². The molecule has 0 atom stereocenters. The van der Waals surface area contributed by atoms with Crippen molar-refractivity contribution in [2.75, 3.05) is 6.61 Å². The first kappa shape index (κ1) is 13.2. The van der Waals surface area contributed by atoms with Crippen LogP contribution in [0.4, 0.5) is 0 Å². The van der Waals surface area contributed by atoms with Crippen molar-refractivity contribution in [2.24, 2.45) is 0 Å². The molecule has 1 aromatic rings. The monoisotopic (exact) mass is 220 g/mol. The molecule has 0 aliphatic heterocycles. The molecule has 0 heterocycles. The van der Waals surface area contributed by atoms with E-state index < -0.39 is 0 Å². The Morgan fingerprint density at radius 2 is 1.62 bits per heavy atom. The molecular weight excluding hydrogens is 196 g/mol. The fourth-order valence-corrected chi connectivity index (χ4v) is 1.94. The zero-order valence-electron chi connectivity index (χ0n) is 10.6. The van der Waals surface area contributed by atoms with Crippen LogP contribution in [0.15, 0.2) is 30.3 Å². The second-order valence-corrected chi connectivity index (χ2v) is 4.31. The number of benzene rings is 1. The Bertz CT molecular complexity index is 249. The fraction of sp³-hybridized carbons (Fsp3) is 0.600. The van der Waals surface area contributed by atoms with Crippen molar-refractivity contribution in [2.45, 2.75) is 52.1 Å². The standard InChI is InChI=1S/C15H24O/c1-3-8-15(9-4-2)16-13-12-14-10-6-5-7-11-14/h5-7,10-11,15H,3-4,8-9,12-13H2,1-2H3. The van der Waals surface area contributed by atoms with E-state index in [4.69, 9.17) is 4.74 Å². The summed E-state index contributed by atoms with van der Waals surface area (Å²) in [4.78, 5) is 0. The van der Waals surface area contributed by atoms with Gasteiger partial charge in [0.1, 0.15) is 0 Å². The van der Waals surface area contributed by atoms with E-state index >= 15 is 0 Å². The number of ether oxygens (including phenoxy) is 1. The Morgan fingerprint density at radius 1 is 1.00 bits per heavy atom. The van der Waals surface area contributed by atoms with Gasteiger partial charge in [-0.25, -0.2) is 0 Å². The first-order chi connectivity index (χ1) is 7.86. The summed E-state index contributed by atoms with van der Waals surface area (Å²) in [6.45, 7) is 5.31. The van der Waals surface area contributed by atoms with Crippen LogP contribution in [0, 0.1) is 0 Å². The lowest BCUT2D eigenvalue weighted by molar-refractivity contribution is 0.0427. The Labute approximate surface area is 99.8 Å². The average Bonchev–Trinajstić information content (AvgIpc) is 2.31. The Hall–Kier alpha value is -0.820. The Morgan fingerprint density at radius 3 is 2.19 bits per heavy atom. The second kappa shape index (κ2) is 8.35. The SMILES string of the molecule is CCCC(CCC)OCCc1ccccc1. The largest absolute Gasteiger partial charge is 0.378 e. The van der Waals surface area contributed by atoms with Crippen LogP contribution in [0.2, 0.25) is 0 Å². The topological polar surface area (TPSA) is 9.23 Å². The molecule has 0 saturated carbocycles. The lowest BCUT2D eigenvalue weighted by Gasteiger charge is -2.16. The third-order valence-corrected chi connectivity index (χ3v) is 2.81. The molecule has 0 aliphatic carbocycles.